The zero-order valence-corrected chi connectivity index (χ0v) is 31.7. The van der Waals surface area contributed by atoms with Crippen molar-refractivity contribution >= 4 is 29.8 Å². The highest BCUT2D eigenvalue weighted by molar-refractivity contribution is 6.32. The summed E-state index contributed by atoms with van der Waals surface area (Å²) in [7, 11) is 5.53. The lowest BCUT2D eigenvalue weighted by Crippen LogP contribution is -2.16. The van der Waals surface area contributed by atoms with E-state index in [1.165, 1.54) is 82.9 Å². The molecule has 2 aliphatic rings. The summed E-state index contributed by atoms with van der Waals surface area (Å²) in [6, 6.07) is 21.5. The molecule has 1 aromatic heterocycles. The summed E-state index contributed by atoms with van der Waals surface area (Å²) < 4.78 is 0. The van der Waals surface area contributed by atoms with Crippen LogP contribution in [-0.4, -0.2) is 24.4 Å². The smallest absolute Gasteiger partial charge is 0.126 e. The molecule has 1 atom stereocenters. The number of aromatic nitrogens is 2. The molecule has 1 N–H and O–H groups in total. The van der Waals surface area contributed by atoms with Crippen LogP contribution in [0.2, 0.25) is 0 Å². The number of rotatable bonds is 14. The Labute approximate surface area is 304 Å². The van der Waals surface area contributed by atoms with Crippen LogP contribution < -0.4 is 10.8 Å². The van der Waals surface area contributed by atoms with Crippen molar-refractivity contribution in [3.63, 3.8) is 0 Å². The van der Waals surface area contributed by atoms with Crippen molar-refractivity contribution in [2.75, 3.05) is 6.54 Å². The van der Waals surface area contributed by atoms with Gasteiger partial charge in [0.2, 0.25) is 0 Å². The first kappa shape index (κ1) is 38.7. The molecule has 4 aromatic rings. The lowest BCUT2D eigenvalue weighted by Gasteiger charge is -2.17. The molecule has 2 radical (unpaired) electrons. The first-order valence-corrected chi connectivity index (χ1v) is 19.2. The van der Waals surface area contributed by atoms with Crippen LogP contribution in [0, 0.1) is 25.7 Å². The fraction of sp³-hybridized carbons (Fsp3) is 0.435. The van der Waals surface area contributed by atoms with Gasteiger partial charge in [-0.3, -0.25) is 0 Å². The Kier molecular flexibility index (Phi) is 15.4. The summed E-state index contributed by atoms with van der Waals surface area (Å²) >= 11 is 0. The Morgan fingerprint density at radius 1 is 0.880 bits per heavy atom. The maximum absolute atomic E-state index is 5.53. The fourth-order valence-electron chi connectivity index (χ4n) is 7.24. The molecule has 1 unspecified atom stereocenters. The molecule has 0 fully saturated rings. The highest BCUT2D eigenvalue weighted by Crippen LogP contribution is 2.46. The molecule has 4 heteroatoms. The van der Waals surface area contributed by atoms with Gasteiger partial charge in [0.15, 0.2) is 0 Å². The summed E-state index contributed by atoms with van der Waals surface area (Å²) in [5, 5.41) is 4.82. The second-order valence-corrected chi connectivity index (χ2v) is 13.4. The van der Waals surface area contributed by atoms with Crippen LogP contribution in [-0.2, 0) is 19.3 Å². The number of fused-ring (bicyclic) bond motifs is 3. The molecule has 0 saturated heterocycles. The molecule has 2 aliphatic carbocycles. The van der Waals surface area contributed by atoms with Gasteiger partial charge in [0.1, 0.15) is 13.7 Å². The molecule has 0 bridgehead atoms. The van der Waals surface area contributed by atoms with Crippen LogP contribution in [0.5, 0.6) is 0 Å². The third-order valence-corrected chi connectivity index (χ3v) is 9.82. The summed E-state index contributed by atoms with van der Waals surface area (Å²) in [5.74, 6) is 8.04. The predicted octanol–water partition coefficient (Wildman–Crippen LogP) is 10.6. The average Bonchev–Trinajstić information content (AvgIpc) is 3.44. The summed E-state index contributed by atoms with van der Waals surface area (Å²) in [6.45, 7) is 17.8. The van der Waals surface area contributed by atoms with Gasteiger partial charge in [-0.2, -0.15) is 0 Å². The molecule has 260 valence electrons. The Balaban J connectivity index is 0.000000440. The lowest BCUT2D eigenvalue weighted by molar-refractivity contribution is 0.576. The number of allylic oxidation sites excluding steroid dienone is 3. The minimum Gasteiger partial charge on any atom is -0.389 e. The van der Waals surface area contributed by atoms with Gasteiger partial charge in [0, 0.05) is 41.2 Å². The zero-order chi connectivity index (χ0) is 35.9. The molecule has 0 spiro atoms. The van der Waals surface area contributed by atoms with Crippen molar-refractivity contribution in [1.29, 1.82) is 0 Å². The second-order valence-electron chi connectivity index (χ2n) is 13.4. The maximum atomic E-state index is 5.53. The largest absolute Gasteiger partial charge is 0.389 e. The molecule has 6 rings (SSSR count). The Bertz CT molecular complexity index is 1820. The fourth-order valence-corrected chi connectivity index (χ4v) is 7.24. The van der Waals surface area contributed by atoms with Crippen LogP contribution in [0.1, 0.15) is 131 Å². The van der Waals surface area contributed by atoms with E-state index in [1.807, 2.05) is 39.0 Å². The van der Waals surface area contributed by atoms with Crippen LogP contribution >= 0.6 is 0 Å². The molecule has 0 aliphatic heterocycles. The van der Waals surface area contributed by atoms with E-state index in [1.54, 1.807) is 0 Å². The van der Waals surface area contributed by atoms with Crippen molar-refractivity contribution in [3.8, 4) is 11.8 Å². The van der Waals surface area contributed by atoms with Crippen LogP contribution in [0.3, 0.4) is 0 Å². The number of nitrogens with one attached hydrogen (secondary N) is 1. The molecular formula is C46H58BN3. The second kappa shape index (κ2) is 19.9. The van der Waals surface area contributed by atoms with Gasteiger partial charge in [-0.05, 0) is 104 Å². The van der Waals surface area contributed by atoms with Crippen molar-refractivity contribution in [3.05, 3.63) is 118 Å². The SMILES string of the molecule is C=C(CC1C2=C(CCC#C2)c2ccccc21)NCCCCCCCCc1cc2nc(C)nc(C)c2cc1CC.CC.[B]c1cccc(CC)c1. The summed E-state index contributed by atoms with van der Waals surface area (Å²) in [4.78, 5) is 9.25. The van der Waals surface area contributed by atoms with E-state index in [9.17, 15) is 0 Å². The standard InChI is InChI=1S/C36H43N3.C8H9B.C2H6/c1-5-28-23-34-26(3)38-27(4)39-36(34)24-29(28)16-10-8-6-7-9-15-21-37-25(2)22-35-32-19-13-11-17-30(32)31-18-12-14-20-33(31)35;1-2-7-4-3-5-8(9)6-7;1-2/h11,13,17,19,23-24,35,37H,2,5-10,12,15-16,18,21-22H2,1,3-4H3;3-6H,2H2,1H3;1-2H3. The molecule has 0 amide bonds. The van der Waals surface area contributed by atoms with Crippen molar-refractivity contribution < 1.29 is 0 Å². The topological polar surface area (TPSA) is 37.8 Å². The van der Waals surface area contributed by atoms with Gasteiger partial charge in [-0.25, -0.2) is 9.97 Å². The Morgan fingerprint density at radius 3 is 2.38 bits per heavy atom. The van der Waals surface area contributed by atoms with E-state index in [-0.39, 0.29) is 0 Å². The number of unbranched alkanes of at least 4 members (excludes halogenated alkanes) is 5. The van der Waals surface area contributed by atoms with Gasteiger partial charge < -0.3 is 5.32 Å². The predicted molar refractivity (Wildman–Crippen MR) is 217 cm³/mol. The van der Waals surface area contributed by atoms with Gasteiger partial charge in [-0.15, -0.1) is 0 Å². The third-order valence-electron chi connectivity index (χ3n) is 9.82. The van der Waals surface area contributed by atoms with Gasteiger partial charge in [0.05, 0.1) is 5.52 Å². The lowest BCUT2D eigenvalue weighted by atomic mass is 9.90. The average molecular weight is 664 g/mol. The van der Waals surface area contributed by atoms with Crippen LogP contribution in [0.15, 0.2) is 78.5 Å². The molecule has 50 heavy (non-hydrogen) atoms. The van der Waals surface area contributed by atoms with Gasteiger partial charge in [0.25, 0.3) is 0 Å². The highest BCUT2D eigenvalue weighted by atomic mass is 14.9. The summed E-state index contributed by atoms with van der Waals surface area (Å²) in [6.07, 6.45) is 13.9. The summed E-state index contributed by atoms with van der Waals surface area (Å²) in [5.41, 5.74) is 14.1. The number of aryl methyl sites for hydroxylation is 5. The maximum Gasteiger partial charge on any atom is 0.126 e. The van der Waals surface area contributed by atoms with E-state index < -0.39 is 0 Å². The van der Waals surface area contributed by atoms with Crippen LogP contribution in [0.4, 0.5) is 0 Å². The van der Waals surface area contributed by atoms with Crippen molar-refractivity contribution in [2.45, 2.75) is 125 Å². The minimum absolute atomic E-state index is 0.375. The molecule has 1 heterocycles. The number of hydrogen-bond donors (Lipinski definition) is 1. The molecule has 3 nitrogen and oxygen atoms in total. The van der Waals surface area contributed by atoms with Crippen molar-refractivity contribution in [1.82, 2.24) is 15.3 Å². The molecular weight excluding hydrogens is 605 g/mol. The van der Waals surface area contributed by atoms with E-state index in [2.05, 4.69) is 92.0 Å². The molecule has 3 aromatic carbocycles. The van der Waals surface area contributed by atoms with Crippen LogP contribution in [0.25, 0.3) is 16.5 Å². The minimum atomic E-state index is 0.375. The third kappa shape index (κ3) is 10.5. The van der Waals surface area contributed by atoms with Gasteiger partial charge >= 0.3 is 0 Å². The van der Waals surface area contributed by atoms with E-state index in [0.717, 1.165) is 73.3 Å². The monoisotopic (exact) mass is 663 g/mol. The van der Waals surface area contributed by atoms with Gasteiger partial charge in [-0.1, -0.05) is 126 Å². The van der Waals surface area contributed by atoms with E-state index in [0.29, 0.717) is 5.92 Å². The molecule has 0 saturated carbocycles. The Morgan fingerprint density at radius 2 is 1.64 bits per heavy atom. The van der Waals surface area contributed by atoms with Crippen molar-refractivity contribution in [2.24, 2.45) is 0 Å². The van der Waals surface area contributed by atoms with E-state index in [4.69, 9.17) is 12.8 Å². The first-order valence-electron chi connectivity index (χ1n) is 19.2. The first-order chi connectivity index (χ1) is 24.4. The normalized spacial score (nSPS) is 14.0. The number of benzene rings is 3. The Hall–Kier alpha value is -4.10. The zero-order valence-electron chi connectivity index (χ0n) is 31.7. The number of hydrogen-bond acceptors (Lipinski definition) is 3. The van der Waals surface area contributed by atoms with E-state index >= 15 is 0 Å². The number of nitrogens with zero attached hydrogens (tertiary/aromatic N) is 2. The highest BCUT2D eigenvalue weighted by Gasteiger charge is 2.31. The quantitative estimate of drug-likeness (QED) is 0.0829.